The van der Waals surface area contributed by atoms with Crippen LogP contribution in [0.5, 0.6) is 0 Å². The highest BCUT2D eigenvalue weighted by Gasteiger charge is 2.32. The molecule has 0 aromatic carbocycles. The summed E-state index contributed by atoms with van der Waals surface area (Å²) >= 11 is 0. The Morgan fingerprint density at radius 2 is 1.59 bits per heavy atom. The molecule has 0 aromatic heterocycles. The molecule has 0 rings (SSSR count). The van der Waals surface area contributed by atoms with Crippen molar-refractivity contribution in [3.8, 4) is 0 Å². The Morgan fingerprint density at radius 3 is 1.96 bits per heavy atom. The summed E-state index contributed by atoms with van der Waals surface area (Å²) in [7, 11) is 1.94. The molecule has 0 saturated carbocycles. The zero-order valence-electron chi connectivity index (χ0n) is 20.3. The fraction of sp³-hybridized carbons (Fsp3) is 0.955. The van der Waals surface area contributed by atoms with Crippen molar-refractivity contribution in [1.82, 2.24) is 5.32 Å². The Hall–Kier alpha value is -0.650. The first-order chi connectivity index (χ1) is 12.6. The minimum atomic E-state index is -0.620. The van der Waals surface area contributed by atoms with E-state index in [-0.39, 0.29) is 12.6 Å². The number of nitrogens with zero attached hydrogens (tertiary/aromatic N) is 1. The monoisotopic (exact) mass is 391 g/mol. The third-order valence-corrected chi connectivity index (χ3v) is 4.65. The largest absolute Gasteiger partial charge is 0.462 e. The first-order valence-electron chi connectivity index (χ1n) is 11.0. The molecule has 0 aromatic rings. The van der Waals surface area contributed by atoms with Crippen molar-refractivity contribution in [3.63, 3.8) is 0 Å². The van der Waals surface area contributed by atoms with E-state index in [9.17, 15) is 9.90 Å². The predicted molar refractivity (Wildman–Crippen MR) is 118 cm³/mol. The van der Waals surface area contributed by atoms with Crippen LogP contribution < -0.4 is 5.32 Å². The van der Waals surface area contributed by atoms with Crippen LogP contribution in [0.15, 0.2) is 0 Å². The van der Waals surface area contributed by atoms with Crippen molar-refractivity contribution in [2.45, 2.75) is 81.8 Å². The van der Waals surface area contributed by atoms with Crippen LogP contribution >= 0.6 is 0 Å². The minimum Gasteiger partial charge on any atom is -0.462 e. The third kappa shape index (κ3) is 14.1. The van der Waals surface area contributed by atoms with Crippen LogP contribution in [0.1, 0.15) is 75.7 Å². The number of esters is 1. The third-order valence-electron chi connectivity index (χ3n) is 4.65. The second-order valence-electron chi connectivity index (χ2n) is 7.72. The topological polar surface area (TPSA) is 58.6 Å². The lowest BCUT2D eigenvalue weighted by atomic mass is 9.84. The Kier molecular flexibility index (Phi) is 20.1. The lowest BCUT2D eigenvalue weighted by Crippen LogP contribution is -2.55. The van der Waals surface area contributed by atoms with Crippen LogP contribution in [0.4, 0.5) is 0 Å². The molecular formula is C22H51N2O3+. The molecule has 1 atom stereocenters. The SMILES string of the molecule is CC.CC.CC[N+](CC)(CCNC)CC(O)COC(=O)C(C)(C)CC(C)C. The molecule has 0 saturated heterocycles. The quantitative estimate of drug-likeness (QED) is 0.388. The van der Waals surface area contributed by atoms with E-state index in [2.05, 4.69) is 33.0 Å². The van der Waals surface area contributed by atoms with Gasteiger partial charge in [0, 0.05) is 6.54 Å². The van der Waals surface area contributed by atoms with Gasteiger partial charge in [0.15, 0.2) is 0 Å². The maximum absolute atomic E-state index is 12.2. The van der Waals surface area contributed by atoms with Gasteiger partial charge in [-0.2, -0.15) is 0 Å². The summed E-state index contributed by atoms with van der Waals surface area (Å²) in [4.78, 5) is 12.2. The molecule has 0 aliphatic heterocycles. The molecule has 0 fully saturated rings. The molecule has 0 aliphatic rings. The van der Waals surface area contributed by atoms with Gasteiger partial charge in [0.2, 0.25) is 0 Å². The van der Waals surface area contributed by atoms with Crippen molar-refractivity contribution in [2.75, 3.05) is 46.4 Å². The number of ether oxygens (including phenoxy) is 1. The molecule has 0 amide bonds. The lowest BCUT2D eigenvalue weighted by Gasteiger charge is -2.38. The summed E-state index contributed by atoms with van der Waals surface area (Å²) < 4.78 is 6.22. The molecule has 5 nitrogen and oxygen atoms in total. The molecule has 27 heavy (non-hydrogen) atoms. The minimum absolute atomic E-state index is 0.0832. The summed E-state index contributed by atoms with van der Waals surface area (Å²) in [6.07, 6.45) is 0.166. The smallest absolute Gasteiger partial charge is 0.311 e. The highest BCUT2D eigenvalue weighted by Crippen LogP contribution is 2.26. The summed E-state index contributed by atoms with van der Waals surface area (Å²) in [5.41, 5.74) is -0.499. The number of hydrogen-bond acceptors (Lipinski definition) is 4. The van der Waals surface area contributed by atoms with E-state index in [0.29, 0.717) is 12.5 Å². The molecule has 0 bridgehead atoms. The van der Waals surface area contributed by atoms with Crippen LogP contribution in [0.2, 0.25) is 0 Å². The summed E-state index contributed by atoms with van der Waals surface area (Å²) in [5.74, 6) is 0.222. The van der Waals surface area contributed by atoms with Crippen molar-refractivity contribution in [3.05, 3.63) is 0 Å². The number of carbonyl (C=O) groups is 1. The van der Waals surface area contributed by atoms with Gasteiger partial charge in [-0.05, 0) is 47.1 Å². The molecule has 0 heterocycles. The normalized spacial score (nSPS) is 12.5. The Labute approximate surface area is 170 Å². The van der Waals surface area contributed by atoms with Crippen LogP contribution in [-0.2, 0) is 9.53 Å². The molecule has 0 radical (unpaired) electrons. The highest BCUT2D eigenvalue weighted by atomic mass is 16.5. The van der Waals surface area contributed by atoms with Gasteiger partial charge in [0.05, 0.1) is 25.0 Å². The molecule has 166 valence electrons. The summed E-state index contributed by atoms with van der Waals surface area (Å²) in [6.45, 7) is 24.8. The van der Waals surface area contributed by atoms with Gasteiger partial charge in [-0.1, -0.05) is 41.5 Å². The lowest BCUT2D eigenvalue weighted by molar-refractivity contribution is -0.926. The van der Waals surface area contributed by atoms with E-state index in [1.54, 1.807) is 0 Å². The number of rotatable bonds is 12. The Bertz CT molecular complexity index is 340. The van der Waals surface area contributed by atoms with E-state index >= 15 is 0 Å². The number of likely N-dealkylation sites (N-methyl/N-ethyl adjacent to an activating group) is 2. The van der Waals surface area contributed by atoms with Crippen LogP contribution in [-0.4, -0.2) is 68.0 Å². The molecule has 1 unspecified atom stereocenters. The number of aliphatic hydroxyl groups is 1. The maximum Gasteiger partial charge on any atom is 0.311 e. The Morgan fingerprint density at radius 1 is 1.11 bits per heavy atom. The summed E-state index contributed by atoms with van der Waals surface area (Å²) in [5, 5.41) is 13.5. The standard InChI is InChI=1S/C18H39N2O3.2C2H6/c1-8-20(9-2,11-10-19-7)13-16(21)14-23-17(22)18(5,6)12-15(3)4;2*1-2/h15-16,19,21H,8-14H2,1-7H3;2*1-2H3/q+1;;. The highest BCUT2D eigenvalue weighted by molar-refractivity contribution is 5.75. The molecule has 5 heteroatoms. The van der Waals surface area contributed by atoms with E-state index in [0.717, 1.165) is 37.1 Å². The molecule has 2 N–H and O–H groups in total. The van der Waals surface area contributed by atoms with Crippen LogP contribution in [0, 0.1) is 11.3 Å². The van der Waals surface area contributed by atoms with Gasteiger partial charge in [0.1, 0.15) is 19.3 Å². The number of nitrogens with one attached hydrogen (secondary N) is 1. The van der Waals surface area contributed by atoms with E-state index in [1.165, 1.54) is 0 Å². The van der Waals surface area contributed by atoms with E-state index < -0.39 is 11.5 Å². The average Bonchev–Trinajstić information content (AvgIpc) is 2.65. The first-order valence-corrected chi connectivity index (χ1v) is 11.0. The molecule has 0 spiro atoms. The van der Waals surface area contributed by atoms with Crippen molar-refractivity contribution < 1.29 is 19.1 Å². The molecular weight excluding hydrogens is 340 g/mol. The van der Waals surface area contributed by atoms with Crippen molar-refractivity contribution in [1.29, 1.82) is 0 Å². The van der Waals surface area contributed by atoms with Gasteiger partial charge in [-0.15, -0.1) is 0 Å². The van der Waals surface area contributed by atoms with E-state index in [1.807, 2.05) is 48.6 Å². The van der Waals surface area contributed by atoms with Gasteiger partial charge in [0.25, 0.3) is 0 Å². The average molecular weight is 392 g/mol. The first kappa shape index (κ1) is 31.1. The van der Waals surface area contributed by atoms with Crippen LogP contribution in [0.25, 0.3) is 0 Å². The number of aliphatic hydroxyl groups excluding tert-OH is 1. The van der Waals surface area contributed by atoms with Gasteiger partial charge >= 0.3 is 5.97 Å². The van der Waals surface area contributed by atoms with Gasteiger partial charge in [-0.3, -0.25) is 4.79 Å². The second-order valence-corrected chi connectivity index (χ2v) is 7.72. The van der Waals surface area contributed by atoms with Gasteiger partial charge in [-0.25, -0.2) is 0 Å². The Balaban J connectivity index is -0.00000134. The fourth-order valence-electron chi connectivity index (χ4n) is 3.21. The zero-order valence-corrected chi connectivity index (χ0v) is 20.3. The number of hydrogen-bond donors (Lipinski definition) is 2. The predicted octanol–water partition coefficient (Wildman–Crippen LogP) is 4.09. The van der Waals surface area contributed by atoms with Crippen molar-refractivity contribution >= 4 is 5.97 Å². The van der Waals surface area contributed by atoms with Crippen molar-refractivity contribution in [2.24, 2.45) is 11.3 Å². The molecule has 0 aliphatic carbocycles. The fourth-order valence-corrected chi connectivity index (χ4v) is 3.21. The van der Waals surface area contributed by atoms with Crippen LogP contribution in [0.3, 0.4) is 0 Å². The summed E-state index contributed by atoms with van der Waals surface area (Å²) in [6, 6.07) is 0. The second kappa shape index (κ2) is 17.4. The number of quaternary nitrogens is 1. The zero-order chi connectivity index (χ0) is 22.1. The van der Waals surface area contributed by atoms with E-state index in [4.69, 9.17) is 4.74 Å². The number of carbonyl (C=O) groups excluding carboxylic acids is 1. The maximum atomic E-state index is 12.2. The van der Waals surface area contributed by atoms with Gasteiger partial charge < -0.3 is 19.6 Å².